The average molecular weight is 279 g/mol. The lowest BCUT2D eigenvalue weighted by molar-refractivity contribution is -0.274. The van der Waals surface area contributed by atoms with Gasteiger partial charge in [-0.2, -0.15) is 0 Å². The zero-order chi connectivity index (χ0) is 14.8. The van der Waals surface area contributed by atoms with Crippen LogP contribution in [0, 0.1) is 12.8 Å². The number of hydrogen-bond donors (Lipinski definition) is 0. The van der Waals surface area contributed by atoms with Crippen LogP contribution in [0.2, 0.25) is 0 Å². The molecule has 0 heterocycles. The number of aryl methyl sites for hydroxylation is 1. The maximum Gasteiger partial charge on any atom is 0.573 e. The summed E-state index contributed by atoms with van der Waals surface area (Å²) in [4.78, 5) is 0. The summed E-state index contributed by atoms with van der Waals surface area (Å²) >= 11 is 0. The minimum atomic E-state index is -4.69. The van der Waals surface area contributed by atoms with Crippen molar-refractivity contribution in [1.29, 1.82) is 0 Å². The third-order valence-electron chi connectivity index (χ3n) is 3.00. The Morgan fingerprint density at radius 2 is 1.55 bits per heavy atom. The second kappa shape index (κ2) is 5.57. The van der Waals surface area contributed by atoms with Gasteiger partial charge in [0, 0.05) is 11.5 Å². The molecule has 0 amide bonds. The smallest absolute Gasteiger partial charge is 0.405 e. The first kappa shape index (κ1) is 14.4. The first-order valence-electron chi connectivity index (χ1n) is 6.12. The predicted octanol–water partition coefficient (Wildman–Crippen LogP) is 4.88. The maximum atomic E-state index is 12.4. The quantitative estimate of drug-likeness (QED) is 0.777. The highest BCUT2D eigenvalue weighted by molar-refractivity contribution is 5.51. The minimum Gasteiger partial charge on any atom is -0.405 e. The van der Waals surface area contributed by atoms with E-state index in [0.29, 0.717) is 5.56 Å². The Morgan fingerprint density at radius 1 is 0.950 bits per heavy atom. The largest absolute Gasteiger partial charge is 0.573 e. The summed E-state index contributed by atoms with van der Waals surface area (Å²) in [5.74, 6) is 0.558. The van der Waals surface area contributed by atoms with Crippen LogP contribution in [0.5, 0.6) is 5.75 Å². The van der Waals surface area contributed by atoms with Crippen LogP contribution in [0.25, 0.3) is 0 Å². The van der Waals surface area contributed by atoms with Gasteiger partial charge in [0.15, 0.2) is 0 Å². The van der Waals surface area contributed by atoms with Crippen molar-refractivity contribution in [3.8, 4) is 5.75 Å². The van der Waals surface area contributed by atoms with Gasteiger partial charge in [-0.15, -0.1) is 13.2 Å². The standard InChI is InChI=1S/C16H14F3O/c1-11-7-9-13(10-8-11)12(2)14-5-3-4-6-15(14)20-16(17,18)19/h3-10H,1-2H3. The van der Waals surface area contributed by atoms with Gasteiger partial charge in [0.25, 0.3) is 0 Å². The van der Waals surface area contributed by atoms with Crippen LogP contribution in [0.3, 0.4) is 0 Å². The van der Waals surface area contributed by atoms with Crippen LogP contribution >= 0.6 is 0 Å². The Bertz CT molecular complexity index is 573. The molecule has 0 aliphatic carbocycles. The van der Waals surface area contributed by atoms with Crippen LogP contribution in [0.1, 0.15) is 23.6 Å². The Balaban J connectivity index is 2.34. The van der Waals surface area contributed by atoms with E-state index in [1.807, 2.05) is 31.2 Å². The van der Waals surface area contributed by atoms with E-state index in [1.165, 1.54) is 12.1 Å². The van der Waals surface area contributed by atoms with Crippen molar-refractivity contribution in [2.45, 2.75) is 20.2 Å². The lowest BCUT2D eigenvalue weighted by Crippen LogP contribution is -2.18. The summed E-state index contributed by atoms with van der Waals surface area (Å²) in [6.07, 6.45) is -4.69. The van der Waals surface area contributed by atoms with Gasteiger partial charge in [-0.1, -0.05) is 55.0 Å². The summed E-state index contributed by atoms with van der Waals surface area (Å²) in [6, 6.07) is 13.8. The van der Waals surface area contributed by atoms with Crippen molar-refractivity contribution in [1.82, 2.24) is 0 Å². The first-order valence-corrected chi connectivity index (χ1v) is 6.12. The second-order valence-electron chi connectivity index (χ2n) is 4.53. The molecule has 2 aromatic rings. The van der Waals surface area contributed by atoms with Crippen molar-refractivity contribution in [3.05, 3.63) is 71.1 Å². The van der Waals surface area contributed by atoms with Crippen molar-refractivity contribution in [2.24, 2.45) is 0 Å². The van der Waals surface area contributed by atoms with E-state index < -0.39 is 6.36 Å². The Morgan fingerprint density at radius 3 is 2.15 bits per heavy atom. The topological polar surface area (TPSA) is 9.23 Å². The monoisotopic (exact) mass is 279 g/mol. The minimum absolute atomic E-state index is 0.182. The zero-order valence-corrected chi connectivity index (χ0v) is 11.2. The number of ether oxygens (including phenoxy) is 1. The van der Waals surface area contributed by atoms with Gasteiger partial charge in [-0.05, 0) is 18.6 Å². The highest BCUT2D eigenvalue weighted by atomic mass is 19.4. The number of halogens is 3. The maximum absolute atomic E-state index is 12.4. The third-order valence-corrected chi connectivity index (χ3v) is 3.00. The number of hydrogen-bond acceptors (Lipinski definition) is 1. The molecule has 0 N–H and O–H groups in total. The molecule has 0 fully saturated rings. The van der Waals surface area contributed by atoms with Gasteiger partial charge in [0.05, 0.1) is 0 Å². The fraction of sp³-hybridized carbons (Fsp3) is 0.188. The van der Waals surface area contributed by atoms with Gasteiger partial charge in [-0.25, -0.2) is 0 Å². The van der Waals surface area contributed by atoms with E-state index in [2.05, 4.69) is 4.74 Å². The first-order chi connectivity index (χ1) is 9.37. The third kappa shape index (κ3) is 3.53. The van der Waals surface area contributed by atoms with Crippen LogP contribution < -0.4 is 4.74 Å². The lowest BCUT2D eigenvalue weighted by Gasteiger charge is -2.17. The lowest BCUT2D eigenvalue weighted by atomic mass is 9.92. The van der Waals surface area contributed by atoms with Gasteiger partial charge in [0.2, 0.25) is 0 Å². The van der Waals surface area contributed by atoms with E-state index >= 15 is 0 Å². The molecule has 2 rings (SSSR count). The summed E-state index contributed by atoms with van der Waals surface area (Å²) in [5.41, 5.74) is 2.41. The van der Waals surface area contributed by atoms with E-state index in [0.717, 1.165) is 17.0 Å². The van der Waals surface area contributed by atoms with E-state index in [1.54, 1.807) is 19.1 Å². The highest BCUT2D eigenvalue weighted by Gasteiger charge is 2.32. The molecule has 0 unspecified atom stereocenters. The molecule has 0 spiro atoms. The molecule has 4 heteroatoms. The Labute approximate surface area is 116 Å². The van der Waals surface area contributed by atoms with Crippen molar-refractivity contribution >= 4 is 0 Å². The molecule has 0 saturated carbocycles. The van der Waals surface area contributed by atoms with Crippen LogP contribution in [-0.2, 0) is 0 Å². The molecule has 0 saturated heterocycles. The van der Waals surface area contributed by atoms with Crippen LogP contribution in [0.4, 0.5) is 13.2 Å². The zero-order valence-electron chi connectivity index (χ0n) is 11.2. The summed E-state index contributed by atoms with van der Waals surface area (Å²) in [7, 11) is 0. The van der Waals surface area contributed by atoms with Crippen LogP contribution in [-0.4, -0.2) is 6.36 Å². The summed E-state index contributed by atoms with van der Waals surface area (Å²) in [5, 5.41) is 0. The van der Waals surface area contributed by atoms with Gasteiger partial charge >= 0.3 is 6.36 Å². The molecule has 105 valence electrons. The number of benzene rings is 2. The predicted molar refractivity (Wildman–Crippen MR) is 71.4 cm³/mol. The Hall–Kier alpha value is -1.97. The van der Waals surface area contributed by atoms with E-state index in [-0.39, 0.29) is 5.75 Å². The van der Waals surface area contributed by atoms with Crippen LogP contribution in [0.15, 0.2) is 48.5 Å². The molecule has 0 aliphatic heterocycles. The van der Waals surface area contributed by atoms with E-state index in [4.69, 9.17) is 0 Å². The van der Waals surface area contributed by atoms with Gasteiger partial charge in [-0.3, -0.25) is 0 Å². The molecule has 0 bridgehead atoms. The molecular weight excluding hydrogens is 265 g/mol. The van der Waals surface area contributed by atoms with Crippen molar-refractivity contribution in [3.63, 3.8) is 0 Å². The van der Waals surface area contributed by atoms with Gasteiger partial charge in [0.1, 0.15) is 5.75 Å². The number of para-hydroxylation sites is 1. The highest BCUT2D eigenvalue weighted by Crippen LogP contribution is 2.33. The Kier molecular flexibility index (Phi) is 4.02. The fourth-order valence-electron chi connectivity index (χ4n) is 1.95. The molecule has 2 aromatic carbocycles. The number of rotatable bonds is 3. The van der Waals surface area contributed by atoms with E-state index in [9.17, 15) is 13.2 Å². The molecule has 1 nitrogen and oxygen atoms in total. The molecule has 0 aromatic heterocycles. The summed E-state index contributed by atoms with van der Waals surface area (Å²) in [6.45, 7) is 3.74. The van der Waals surface area contributed by atoms with Gasteiger partial charge < -0.3 is 4.74 Å². The molecular formula is C16H14F3O. The molecule has 0 aliphatic rings. The summed E-state index contributed by atoms with van der Waals surface area (Å²) < 4.78 is 41.3. The fourth-order valence-corrected chi connectivity index (χ4v) is 1.95. The molecule has 0 atom stereocenters. The SMILES string of the molecule is C[C](c1ccc(C)cc1)c1ccccc1OC(F)(F)F. The van der Waals surface area contributed by atoms with Crippen molar-refractivity contribution < 1.29 is 17.9 Å². The second-order valence-corrected chi connectivity index (χ2v) is 4.53. The average Bonchev–Trinajstić information content (AvgIpc) is 2.37. The normalized spacial score (nSPS) is 11.7. The van der Waals surface area contributed by atoms with Crippen molar-refractivity contribution in [2.75, 3.05) is 0 Å². The number of alkyl halides is 3. The molecule has 20 heavy (non-hydrogen) atoms. The molecule has 1 radical (unpaired) electrons.